The summed E-state index contributed by atoms with van der Waals surface area (Å²) in [6.45, 7) is 8.53. The molecule has 0 fully saturated rings. The Morgan fingerprint density at radius 3 is 2.67 bits per heavy atom. The van der Waals surface area contributed by atoms with Gasteiger partial charge < -0.3 is 10.4 Å². The normalized spacial score (nSPS) is 15.7. The molecule has 0 amide bonds. The molecule has 0 spiro atoms. The van der Waals surface area contributed by atoms with Crippen LogP contribution in [-0.2, 0) is 0 Å². The lowest BCUT2D eigenvalue weighted by atomic mass is 10.0. The first kappa shape index (κ1) is 11.9. The third kappa shape index (κ3) is 6.65. The Hall–Kier alpha value is -0.0500. The first-order chi connectivity index (χ1) is 5.48. The summed E-state index contributed by atoms with van der Waals surface area (Å²) in [5, 5.41) is 13.3. The Kier molecular flexibility index (Phi) is 5.55. The van der Waals surface area contributed by atoms with E-state index in [0.717, 1.165) is 12.8 Å². The van der Waals surface area contributed by atoms with E-state index in [2.05, 4.69) is 18.8 Å². The molecule has 72 valence electrons. The zero-order valence-corrected chi connectivity index (χ0v) is 8.62. The second-order valence-electron chi connectivity index (χ2n) is 3.37. The predicted molar refractivity (Wildman–Crippen MR) is 53.4 cm³/mol. The molecule has 1 unspecified atom stereocenters. The number of hydrogen-bond donors (Lipinski definition) is 2. The summed E-state index contributed by atoms with van der Waals surface area (Å²) in [5.41, 5.74) is -0.624. The van der Waals surface area contributed by atoms with E-state index in [0.29, 0.717) is 18.1 Å². The van der Waals surface area contributed by atoms with Crippen molar-refractivity contribution in [1.82, 2.24) is 5.32 Å². The maximum absolute atomic E-state index is 9.69. The summed E-state index contributed by atoms with van der Waals surface area (Å²) in [5.74, 6) is 0. The van der Waals surface area contributed by atoms with Gasteiger partial charge in [0.25, 0.3) is 0 Å². The van der Waals surface area contributed by atoms with Gasteiger partial charge in [-0.25, -0.2) is 0 Å². The molecule has 0 aromatic carbocycles. The zero-order chi connectivity index (χ0) is 9.61. The Morgan fingerprint density at radius 2 is 2.25 bits per heavy atom. The van der Waals surface area contributed by atoms with E-state index in [9.17, 15) is 5.11 Å². The third-order valence-electron chi connectivity index (χ3n) is 1.61. The molecule has 2 N–H and O–H groups in total. The smallest absolute Gasteiger partial charge is 0.0743 e. The van der Waals surface area contributed by atoms with Gasteiger partial charge in [-0.3, -0.25) is 0 Å². The van der Waals surface area contributed by atoms with Crippen molar-refractivity contribution >= 4 is 11.6 Å². The fourth-order valence-electron chi connectivity index (χ4n) is 1.09. The van der Waals surface area contributed by atoms with Crippen LogP contribution in [0.15, 0.2) is 11.6 Å². The summed E-state index contributed by atoms with van der Waals surface area (Å²) >= 11 is 5.55. The van der Waals surface area contributed by atoms with Crippen molar-refractivity contribution in [3.8, 4) is 0 Å². The molecule has 0 saturated heterocycles. The molecule has 0 radical (unpaired) electrons. The fourth-order valence-corrected chi connectivity index (χ4v) is 1.19. The van der Waals surface area contributed by atoms with Gasteiger partial charge in [0, 0.05) is 18.1 Å². The number of nitrogens with one attached hydrogen (secondary N) is 1. The summed E-state index contributed by atoms with van der Waals surface area (Å²) in [6.07, 6.45) is 1.78. The molecule has 12 heavy (non-hydrogen) atoms. The average molecular weight is 192 g/mol. The quantitative estimate of drug-likeness (QED) is 0.672. The maximum Gasteiger partial charge on any atom is 0.0743 e. The predicted octanol–water partition coefficient (Wildman–Crippen LogP) is 1.88. The number of halogens is 1. The first-order valence-corrected chi connectivity index (χ1v) is 4.62. The summed E-state index contributed by atoms with van der Waals surface area (Å²) in [6, 6.07) is 0. The van der Waals surface area contributed by atoms with Gasteiger partial charge in [0.2, 0.25) is 0 Å². The van der Waals surface area contributed by atoms with Crippen molar-refractivity contribution in [2.75, 3.05) is 13.1 Å². The molecule has 0 bridgehead atoms. The fraction of sp³-hybridized carbons (Fsp3) is 0.778. The highest BCUT2D eigenvalue weighted by molar-refractivity contribution is 6.29. The number of aliphatic hydroxyl groups is 1. The van der Waals surface area contributed by atoms with Gasteiger partial charge in [0.1, 0.15) is 0 Å². The highest BCUT2D eigenvalue weighted by Gasteiger charge is 2.17. The van der Waals surface area contributed by atoms with Gasteiger partial charge in [0.05, 0.1) is 5.60 Å². The lowest BCUT2D eigenvalue weighted by Gasteiger charge is -2.22. The molecule has 0 heterocycles. The van der Waals surface area contributed by atoms with Gasteiger partial charge in [0.15, 0.2) is 0 Å². The van der Waals surface area contributed by atoms with Crippen molar-refractivity contribution in [1.29, 1.82) is 0 Å². The second kappa shape index (κ2) is 5.57. The van der Waals surface area contributed by atoms with Crippen LogP contribution in [0, 0.1) is 0 Å². The largest absolute Gasteiger partial charge is 0.389 e. The van der Waals surface area contributed by atoms with Crippen LogP contribution in [0.2, 0.25) is 0 Å². The van der Waals surface area contributed by atoms with E-state index >= 15 is 0 Å². The lowest BCUT2D eigenvalue weighted by Crippen LogP contribution is -2.38. The third-order valence-corrected chi connectivity index (χ3v) is 1.74. The van der Waals surface area contributed by atoms with Crippen LogP contribution in [0.1, 0.15) is 26.7 Å². The molecule has 1 atom stereocenters. The zero-order valence-electron chi connectivity index (χ0n) is 7.86. The monoisotopic (exact) mass is 191 g/mol. The minimum Gasteiger partial charge on any atom is -0.389 e. The standard InChI is InChI=1S/C9H18ClNO/c1-4-5-9(3,12)7-11-6-8(2)10/h11-12H,2,4-7H2,1,3H3. The highest BCUT2D eigenvalue weighted by atomic mass is 35.5. The summed E-state index contributed by atoms with van der Waals surface area (Å²) < 4.78 is 0. The molecule has 3 heteroatoms. The molecular weight excluding hydrogens is 174 g/mol. The van der Waals surface area contributed by atoms with Crippen LogP contribution in [0.25, 0.3) is 0 Å². The van der Waals surface area contributed by atoms with Crippen LogP contribution in [0.3, 0.4) is 0 Å². The van der Waals surface area contributed by atoms with Gasteiger partial charge in [-0.15, -0.1) is 0 Å². The van der Waals surface area contributed by atoms with Crippen LogP contribution in [0.4, 0.5) is 0 Å². The SMILES string of the molecule is C=C(Cl)CNCC(C)(O)CCC. The minimum atomic E-state index is -0.624. The molecule has 0 aromatic heterocycles. The second-order valence-corrected chi connectivity index (χ2v) is 3.90. The van der Waals surface area contributed by atoms with Crippen molar-refractivity contribution in [3.63, 3.8) is 0 Å². The first-order valence-electron chi connectivity index (χ1n) is 4.24. The average Bonchev–Trinajstić information content (AvgIpc) is 1.85. The molecule has 2 nitrogen and oxygen atoms in total. The van der Waals surface area contributed by atoms with E-state index in [4.69, 9.17) is 11.6 Å². The van der Waals surface area contributed by atoms with Crippen molar-refractivity contribution in [3.05, 3.63) is 11.6 Å². The molecule has 0 rings (SSSR count). The van der Waals surface area contributed by atoms with Gasteiger partial charge >= 0.3 is 0 Å². The molecular formula is C9H18ClNO. The van der Waals surface area contributed by atoms with Crippen LogP contribution < -0.4 is 5.32 Å². The van der Waals surface area contributed by atoms with Crippen molar-refractivity contribution in [2.45, 2.75) is 32.3 Å². The number of hydrogen-bond acceptors (Lipinski definition) is 2. The van der Waals surface area contributed by atoms with Crippen molar-refractivity contribution < 1.29 is 5.11 Å². The Bertz CT molecular complexity index is 145. The molecule has 0 aliphatic rings. The van der Waals surface area contributed by atoms with E-state index < -0.39 is 5.60 Å². The summed E-state index contributed by atoms with van der Waals surface area (Å²) in [7, 11) is 0. The van der Waals surface area contributed by atoms with Gasteiger partial charge in [-0.05, 0) is 13.3 Å². The minimum absolute atomic E-state index is 0.557. The molecule has 0 saturated carbocycles. The van der Waals surface area contributed by atoms with Crippen molar-refractivity contribution in [2.24, 2.45) is 0 Å². The maximum atomic E-state index is 9.69. The van der Waals surface area contributed by atoms with Crippen LogP contribution in [-0.4, -0.2) is 23.8 Å². The molecule has 0 aromatic rings. The van der Waals surface area contributed by atoms with E-state index in [1.165, 1.54) is 0 Å². The Morgan fingerprint density at radius 1 is 1.67 bits per heavy atom. The molecule has 0 aliphatic carbocycles. The van der Waals surface area contributed by atoms with Crippen LogP contribution >= 0.6 is 11.6 Å². The summed E-state index contributed by atoms with van der Waals surface area (Å²) in [4.78, 5) is 0. The van der Waals surface area contributed by atoms with Gasteiger partial charge in [-0.1, -0.05) is 31.5 Å². The van der Waals surface area contributed by atoms with E-state index in [-0.39, 0.29) is 0 Å². The van der Waals surface area contributed by atoms with E-state index in [1.54, 1.807) is 0 Å². The van der Waals surface area contributed by atoms with E-state index in [1.807, 2.05) is 6.92 Å². The number of rotatable bonds is 6. The Labute approximate surface area is 79.6 Å². The Balaban J connectivity index is 3.53. The van der Waals surface area contributed by atoms with Crippen LogP contribution in [0.5, 0.6) is 0 Å². The van der Waals surface area contributed by atoms with Gasteiger partial charge in [-0.2, -0.15) is 0 Å². The topological polar surface area (TPSA) is 32.3 Å². The lowest BCUT2D eigenvalue weighted by molar-refractivity contribution is 0.0510. The highest BCUT2D eigenvalue weighted by Crippen LogP contribution is 2.10. The molecule has 0 aliphatic heterocycles.